The van der Waals surface area contributed by atoms with E-state index < -0.39 is 28.9 Å². The zero-order valence-corrected chi connectivity index (χ0v) is 11.6. The van der Waals surface area contributed by atoms with Crippen LogP contribution in [0.1, 0.15) is 10.4 Å². The van der Waals surface area contributed by atoms with Gasteiger partial charge in [0.05, 0.1) is 23.8 Å². The normalized spacial score (nSPS) is 10.6. The van der Waals surface area contributed by atoms with Crippen LogP contribution in [0.3, 0.4) is 0 Å². The summed E-state index contributed by atoms with van der Waals surface area (Å²) in [7, 11) is 0. The third kappa shape index (κ3) is 2.94. The van der Waals surface area contributed by atoms with Gasteiger partial charge < -0.3 is 10.3 Å². The van der Waals surface area contributed by atoms with Crippen molar-refractivity contribution in [3.8, 4) is 11.3 Å². The molecular weight excluding hydrogens is 307 g/mol. The van der Waals surface area contributed by atoms with Crippen LogP contribution in [-0.2, 0) is 0 Å². The number of carbonyl (C=O) groups excluding carboxylic acids is 1. The van der Waals surface area contributed by atoms with Crippen LogP contribution in [0.15, 0.2) is 48.9 Å². The Morgan fingerprint density at radius 2 is 1.74 bits per heavy atom. The summed E-state index contributed by atoms with van der Waals surface area (Å²) in [4.78, 5) is 18.8. The number of aromatic amines is 1. The van der Waals surface area contributed by atoms with Gasteiger partial charge in [-0.05, 0) is 29.8 Å². The van der Waals surface area contributed by atoms with Crippen LogP contribution in [0.5, 0.6) is 0 Å². The van der Waals surface area contributed by atoms with Gasteiger partial charge in [0.25, 0.3) is 5.91 Å². The number of H-pyrrole nitrogens is 1. The van der Waals surface area contributed by atoms with Gasteiger partial charge in [-0.25, -0.2) is 18.2 Å². The van der Waals surface area contributed by atoms with E-state index in [2.05, 4.69) is 15.3 Å². The molecule has 2 N–H and O–H groups in total. The van der Waals surface area contributed by atoms with Crippen LogP contribution >= 0.6 is 0 Å². The standard InChI is InChI=1S/C16H10F3N3O/c17-12-6-5-11(14(18)15(12)19)16(23)22-10-3-1-9(2-4-10)13-7-20-8-21-13/h1-8H,(H,20,21)(H,22,23). The first kappa shape index (κ1) is 14.8. The zero-order valence-electron chi connectivity index (χ0n) is 11.6. The second-order valence-electron chi connectivity index (χ2n) is 4.72. The van der Waals surface area contributed by atoms with Crippen molar-refractivity contribution >= 4 is 11.6 Å². The molecule has 2 aromatic carbocycles. The summed E-state index contributed by atoms with van der Waals surface area (Å²) in [5.74, 6) is -5.40. The van der Waals surface area contributed by atoms with Gasteiger partial charge in [0, 0.05) is 5.69 Å². The molecule has 0 aliphatic heterocycles. The molecule has 0 atom stereocenters. The molecule has 3 rings (SSSR count). The Labute approximate surface area is 129 Å². The number of aromatic nitrogens is 2. The molecule has 0 fully saturated rings. The van der Waals surface area contributed by atoms with Crippen LogP contribution < -0.4 is 5.32 Å². The summed E-state index contributed by atoms with van der Waals surface area (Å²) in [6.45, 7) is 0. The quantitative estimate of drug-likeness (QED) is 0.723. The van der Waals surface area contributed by atoms with Gasteiger partial charge in [0.2, 0.25) is 0 Å². The number of hydrogen-bond acceptors (Lipinski definition) is 2. The molecular formula is C16H10F3N3O. The van der Waals surface area contributed by atoms with Crippen molar-refractivity contribution in [2.24, 2.45) is 0 Å². The molecule has 3 aromatic rings. The van der Waals surface area contributed by atoms with Gasteiger partial charge in [-0.3, -0.25) is 4.79 Å². The van der Waals surface area contributed by atoms with Crippen molar-refractivity contribution in [2.45, 2.75) is 0 Å². The monoisotopic (exact) mass is 317 g/mol. The molecule has 0 radical (unpaired) electrons. The molecule has 0 saturated carbocycles. The fraction of sp³-hybridized carbons (Fsp3) is 0. The summed E-state index contributed by atoms with van der Waals surface area (Å²) in [6, 6.07) is 8.25. The molecule has 1 aromatic heterocycles. The van der Waals surface area contributed by atoms with E-state index in [0.29, 0.717) is 11.8 Å². The van der Waals surface area contributed by atoms with E-state index >= 15 is 0 Å². The highest BCUT2D eigenvalue weighted by Crippen LogP contribution is 2.20. The van der Waals surface area contributed by atoms with E-state index in [1.54, 1.807) is 30.5 Å². The number of carbonyl (C=O) groups is 1. The molecule has 23 heavy (non-hydrogen) atoms. The van der Waals surface area contributed by atoms with E-state index in [9.17, 15) is 18.0 Å². The summed E-state index contributed by atoms with van der Waals surface area (Å²) in [6.07, 6.45) is 3.18. The highest BCUT2D eigenvalue weighted by molar-refractivity contribution is 6.04. The number of nitrogens with zero attached hydrogens (tertiary/aromatic N) is 1. The smallest absolute Gasteiger partial charge is 0.258 e. The maximum Gasteiger partial charge on any atom is 0.258 e. The Bertz CT molecular complexity index is 846. The number of halogens is 3. The lowest BCUT2D eigenvalue weighted by Crippen LogP contribution is -2.15. The molecule has 0 spiro atoms. The van der Waals surface area contributed by atoms with Gasteiger partial charge in [-0.2, -0.15) is 0 Å². The third-order valence-corrected chi connectivity index (χ3v) is 3.23. The van der Waals surface area contributed by atoms with Crippen molar-refractivity contribution in [3.05, 3.63) is 71.9 Å². The van der Waals surface area contributed by atoms with Crippen LogP contribution in [0.2, 0.25) is 0 Å². The van der Waals surface area contributed by atoms with Crippen LogP contribution in [0.4, 0.5) is 18.9 Å². The largest absolute Gasteiger partial charge is 0.345 e. The van der Waals surface area contributed by atoms with Crippen molar-refractivity contribution in [3.63, 3.8) is 0 Å². The van der Waals surface area contributed by atoms with E-state index in [-0.39, 0.29) is 0 Å². The molecule has 0 bridgehead atoms. The molecule has 0 saturated heterocycles. The van der Waals surface area contributed by atoms with Crippen molar-refractivity contribution in [1.82, 2.24) is 9.97 Å². The van der Waals surface area contributed by atoms with Gasteiger partial charge >= 0.3 is 0 Å². The number of imidazole rings is 1. The third-order valence-electron chi connectivity index (χ3n) is 3.23. The minimum atomic E-state index is -1.67. The van der Waals surface area contributed by atoms with Gasteiger partial charge in [0.1, 0.15) is 0 Å². The van der Waals surface area contributed by atoms with E-state index in [4.69, 9.17) is 0 Å². The highest BCUT2D eigenvalue weighted by Gasteiger charge is 2.18. The van der Waals surface area contributed by atoms with E-state index in [1.165, 1.54) is 6.33 Å². The average Bonchev–Trinajstić information content (AvgIpc) is 3.08. The molecule has 0 aliphatic rings. The van der Waals surface area contributed by atoms with Crippen LogP contribution in [0.25, 0.3) is 11.3 Å². The first-order valence-corrected chi connectivity index (χ1v) is 6.60. The maximum atomic E-state index is 13.6. The summed E-state index contributed by atoms with van der Waals surface area (Å²) < 4.78 is 39.6. The summed E-state index contributed by atoms with van der Waals surface area (Å²) in [5.41, 5.74) is 1.47. The number of anilines is 1. The predicted molar refractivity (Wildman–Crippen MR) is 78.3 cm³/mol. The minimum Gasteiger partial charge on any atom is -0.345 e. The van der Waals surface area contributed by atoms with Crippen molar-refractivity contribution in [1.29, 1.82) is 0 Å². The SMILES string of the molecule is O=C(Nc1ccc(-c2cnc[nH]2)cc1)c1ccc(F)c(F)c1F. The Balaban J connectivity index is 1.79. The second-order valence-corrected chi connectivity index (χ2v) is 4.72. The first-order chi connectivity index (χ1) is 11.1. The average molecular weight is 317 g/mol. The fourth-order valence-corrected chi connectivity index (χ4v) is 2.05. The maximum absolute atomic E-state index is 13.6. The summed E-state index contributed by atoms with van der Waals surface area (Å²) in [5, 5.41) is 2.42. The topological polar surface area (TPSA) is 57.8 Å². The lowest BCUT2D eigenvalue weighted by atomic mass is 10.1. The lowest BCUT2D eigenvalue weighted by Gasteiger charge is -2.07. The number of hydrogen-bond donors (Lipinski definition) is 2. The van der Waals surface area contributed by atoms with Crippen LogP contribution in [-0.4, -0.2) is 15.9 Å². The van der Waals surface area contributed by atoms with Gasteiger partial charge in [0.15, 0.2) is 17.5 Å². The summed E-state index contributed by atoms with van der Waals surface area (Å²) >= 11 is 0. The van der Waals surface area contributed by atoms with Gasteiger partial charge in [-0.1, -0.05) is 12.1 Å². The molecule has 4 nitrogen and oxygen atoms in total. The Kier molecular flexibility index (Phi) is 3.84. The van der Waals surface area contributed by atoms with Crippen LogP contribution in [0, 0.1) is 17.5 Å². The number of nitrogens with one attached hydrogen (secondary N) is 2. The molecule has 1 heterocycles. The number of amides is 1. The highest BCUT2D eigenvalue weighted by atomic mass is 19.2. The number of rotatable bonds is 3. The van der Waals surface area contributed by atoms with Crippen molar-refractivity contribution in [2.75, 3.05) is 5.32 Å². The van der Waals surface area contributed by atoms with E-state index in [0.717, 1.165) is 17.3 Å². The molecule has 7 heteroatoms. The zero-order chi connectivity index (χ0) is 16.4. The fourth-order valence-electron chi connectivity index (χ4n) is 2.05. The van der Waals surface area contributed by atoms with Crippen molar-refractivity contribution < 1.29 is 18.0 Å². The molecule has 116 valence electrons. The lowest BCUT2D eigenvalue weighted by molar-refractivity contribution is 0.102. The molecule has 1 amide bonds. The first-order valence-electron chi connectivity index (χ1n) is 6.60. The van der Waals surface area contributed by atoms with Gasteiger partial charge in [-0.15, -0.1) is 0 Å². The Morgan fingerprint density at radius 1 is 1.00 bits per heavy atom. The minimum absolute atomic E-state index is 0.391. The molecule has 0 aliphatic carbocycles. The predicted octanol–water partition coefficient (Wildman–Crippen LogP) is 3.75. The Hall–Kier alpha value is -3.09. The molecule has 0 unspecified atom stereocenters. The second kappa shape index (κ2) is 5.96. The number of benzene rings is 2. The van der Waals surface area contributed by atoms with E-state index in [1.807, 2.05) is 0 Å². The Morgan fingerprint density at radius 3 is 2.39 bits per heavy atom.